The SMILES string of the molecule is CC1CN(CCSc2ccccc2F)CCC1N. The van der Waals surface area contributed by atoms with Crippen LogP contribution in [0.5, 0.6) is 0 Å². The monoisotopic (exact) mass is 268 g/mol. The summed E-state index contributed by atoms with van der Waals surface area (Å²) in [6, 6.07) is 7.32. The van der Waals surface area contributed by atoms with Crippen LogP contribution in [-0.2, 0) is 0 Å². The Morgan fingerprint density at radius 1 is 1.44 bits per heavy atom. The summed E-state index contributed by atoms with van der Waals surface area (Å²) in [6.45, 7) is 5.36. The van der Waals surface area contributed by atoms with Crippen molar-refractivity contribution in [1.29, 1.82) is 0 Å². The van der Waals surface area contributed by atoms with Gasteiger partial charge in [-0.1, -0.05) is 19.1 Å². The van der Waals surface area contributed by atoms with E-state index in [1.165, 1.54) is 6.07 Å². The molecule has 1 aliphatic rings. The molecule has 1 aliphatic heterocycles. The maximum absolute atomic E-state index is 13.4. The molecule has 100 valence electrons. The Morgan fingerprint density at radius 2 is 2.22 bits per heavy atom. The summed E-state index contributed by atoms with van der Waals surface area (Å²) >= 11 is 1.59. The number of nitrogens with two attached hydrogens (primary N) is 1. The van der Waals surface area contributed by atoms with E-state index in [1.54, 1.807) is 17.8 Å². The molecular formula is C14H21FN2S. The van der Waals surface area contributed by atoms with E-state index in [-0.39, 0.29) is 5.82 Å². The average molecular weight is 268 g/mol. The Bertz CT molecular complexity index is 386. The molecule has 2 unspecified atom stereocenters. The summed E-state index contributed by atoms with van der Waals surface area (Å²) in [6.07, 6.45) is 1.07. The lowest BCUT2D eigenvalue weighted by molar-refractivity contribution is 0.173. The second-order valence-corrected chi connectivity index (χ2v) is 6.15. The largest absolute Gasteiger partial charge is 0.327 e. The zero-order valence-electron chi connectivity index (χ0n) is 10.8. The minimum Gasteiger partial charge on any atom is -0.327 e. The predicted molar refractivity (Wildman–Crippen MR) is 75.3 cm³/mol. The molecule has 0 radical (unpaired) electrons. The topological polar surface area (TPSA) is 29.3 Å². The van der Waals surface area contributed by atoms with Gasteiger partial charge in [0.1, 0.15) is 5.82 Å². The van der Waals surface area contributed by atoms with E-state index in [0.717, 1.165) is 36.7 Å². The standard InChI is InChI=1S/C14H21FN2S/c1-11-10-17(7-6-13(11)16)8-9-18-14-5-3-2-4-12(14)15/h2-5,11,13H,6-10,16H2,1H3. The molecule has 4 heteroatoms. The molecule has 2 nitrogen and oxygen atoms in total. The fourth-order valence-electron chi connectivity index (χ4n) is 2.30. The summed E-state index contributed by atoms with van der Waals surface area (Å²) in [5.41, 5.74) is 6.00. The fourth-order valence-corrected chi connectivity index (χ4v) is 3.25. The summed E-state index contributed by atoms with van der Waals surface area (Å²) < 4.78 is 13.4. The molecule has 0 aromatic heterocycles. The fraction of sp³-hybridized carbons (Fsp3) is 0.571. The van der Waals surface area contributed by atoms with Gasteiger partial charge in [0.2, 0.25) is 0 Å². The van der Waals surface area contributed by atoms with Crippen LogP contribution >= 0.6 is 11.8 Å². The predicted octanol–water partition coefficient (Wildman–Crippen LogP) is 2.59. The molecule has 1 fully saturated rings. The Hall–Kier alpha value is -0.580. The van der Waals surface area contributed by atoms with Crippen molar-refractivity contribution in [2.24, 2.45) is 11.7 Å². The zero-order chi connectivity index (χ0) is 13.0. The van der Waals surface area contributed by atoms with Gasteiger partial charge in [-0.3, -0.25) is 0 Å². The van der Waals surface area contributed by atoms with Crippen molar-refractivity contribution in [2.45, 2.75) is 24.3 Å². The van der Waals surface area contributed by atoms with Crippen molar-refractivity contribution < 1.29 is 4.39 Å². The van der Waals surface area contributed by atoms with Gasteiger partial charge in [-0.2, -0.15) is 0 Å². The molecule has 0 saturated carbocycles. The van der Waals surface area contributed by atoms with Crippen molar-refractivity contribution in [1.82, 2.24) is 4.90 Å². The van der Waals surface area contributed by atoms with Crippen molar-refractivity contribution in [2.75, 3.05) is 25.4 Å². The number of nitrogens with zero attached hydrogens (tertiary/aromatic N) is 1. The highest BCUT2D eigenvalue weighted by Crippen LogP contribution is 2.22. The lowest BCUT2D eigenvalue weighted by Crippen LogP contribution is -2.46. The van der Waals surface area contributed by atoms with Gasteiger partial charge in [-0.25, -0.2) is 4.39 Å². The van der Waals surface area contributed by atoms with E-state index in [9.17, 15) is 4.39 Å². The van der Waals surface area contributed by atoms with Gasteiger partial charge in [0, 0.05) is 29.8 Å². The maximum atomic E-state index is 13.4. The summed E-state index contributed by atoms with van der Waals surface area (Å²) in [5.74, 6) is 1.39. The molecule has 0 spiro atoms. The number of benzene rings is 1. The first-order valence-corrected chi connectivity index (χ1v) is 7.50. The van der Waals surface area contributed by atoms with E-state index in [1.807, 2.05) is 12.1 Å². The molecule has 0 bridgehead atoms. The van der Waals surface area contributed by atoms with Crippen molar-refractivity contribution in [3.05, 3.63) is 30.1 Å². The Morgan fingerprint density at radius 3 is 2.94 bits per heavy atom. The van der Waals surface area contributed by atoms with Gasteiger partial charge < -0.3 is 10.6 Å². The highest BCUT2D eigenvalue weighted by Gasteiger charge is 2.22. The molecule has 0 amide bonds. The zero-order valence-corrected chi connectivity index (χ0v) is 11.6. The van der Waals surface area contributed by atoms with Crippen LogP contribution in [0.2, 0.25) is 0 Å². The number of piperidine rings is 1. The van der Waals surface area contributed by atoms with Crippen molar-refractivity contribution in [3.8, 4) is 0 Å². The molecule has 2 atom stereocenters. The molecule has 1 aromatic rings. The summed E-state index contributed by atoms with van der Waals surface area (Å²) in [5, 5.41) is 0. The van der Waals surface area contributed by atoms with E-state index in [0.29, 0.717) is 12.0 Å². The normalized spacial score (nSPS) is 25.3. The van der Waals surface area contributed by atoms with Crippen LogP contribution < -0.4 is 5.73 Å². The van der Waals surface area contributed by atoms with Gasteiger partial charge in [0.15, 0.2) is 0 Å². The lowest BCUT2D eigenvalue weighted by Gasteiger charge is -2.34. The number of hydrogen-bond donors (Lipinski definition) is 1. The maximum Gasteiger partial charge on any atom is 0.136 e. The van der Waals surface area contributed by atoms with Gasteiger partial charge in [-0.05, 0) is 31.0 Å². The van der Waals surface area contributed by atoms with Gasteiger partial charge in [-0.15, -0.1) is 11.8 Å². The number of rotatable bonds is 4. The summed E-state index contributed by atoms with van der Waals surface area (Å²) in [7, 11) is 0. The molecule has 1 aromatic carbocycles. The van der Waals surface area contributed by atoms with E-state index in [4.69, 9.17) is 5.73 Å². The molecule has 18 heavy (non-hydrogen) atoms. The Labute approximate surface area is 113 Å². The van der Waals surface area contributed by atoms with Crippen LogP contribution in [-0.4, -0.2) is 36.3 Å². The van der Waals surface area contributed by atoms with Crippen LogP contribution in [0, 0.1) is 11.7 Å². The van der Waals surface area contributed by atoms with Crippen LogP contribution in [0.1, 0.15) is 13.3 Å². The van der Waals surface area contributed by atoms with Crippen LogP contribution in [0.25, 0.3) is 0 Å². The van der Waals surface area contributed by atoms with Crippen LogP contribution in [0.15, 0.2) is 29.2 Å². The number of hydrogen-bond acceptors (Lipinski definition) is 3. The number of likely N-dealkylation sites (tertiary alicyclic amines) is 1. The molecule has 2 N–H and O–H groups in total. The van der Waals surface area contributed by atoms with E-state index in [2.05, 4.69) is 11.8 Å². The third kappa shape index (κ3) is 3.70. The van der Waals surface area contributed by atoms with Crippen LogP contribution in [0.4, 0.5) is 4.39 Å². The second kappa shape index (κ2) is 6.55. The lowest BCUT2D eigenvalue weighted by atomic mass is 9.95. The molecule has 1 heterocycles. The van der Waals surface area contributed by atoms with E-state index >= 15 is 0 Å². The third-order valence-corrected chi connectivity index (χ3v) is 4.59. The van der Waals surface area contributed by atoms with Crippen molar-refractivity contribution >= 4 is 11.8 Å². The number of thioether (sulfide) groups is 1. The first-order valence-electron chi connectivity index (χ1n) is 6.52. The minimum atomic E-state index is -0.114. The summed E-state index contributed by atoms with van der Waals surface area (Å²) in [4.78, 5) is 3.18. The van der Waals surface area contributed by atoms with Gasteiger partial charge >= 0.3 is 0 Å². The van der Waals surface area contributed by atoms with Crippen molar-refractivity contribution in [3.63, 3.8) is 0 Å². The molecule has 2 rings (SSSR count). The Balaban J connectivity index is 1.74. The highest BCUT2D eigenvalue weighted by molar-refractivity contribution is 7.99. The molecule has 1 saturated heterocycles. The first kappa shape index (κ1) is 13.8. The van der Waals surface area contributed by atoms with E-state index < -0.39 is 0 Å². The quantitative estimate of drug-likeness (QED) is 0.851. The first-order chi connectivity index (χ1) is 8.66. The van der Waals surface area contributed by atoms with Gasteiger partial charge in [0.25, 0.3) is 0 Å². The second-order valence-electron chi connectivity index (χ2n) is 5.01. The minimum absolute atomic E-state index is 0.114. The third-order valence-electron chi connectivity index (χ3n) is 3.56. The molecular weight excluding hydrogens is 247 g/mol. The van der Waals surface area contributed by atoms with Gasteiger partial charge in [0.05, 0.1) is 0 Å². The smallest absolute Gasteiger partial charge is 0.136 e. The Kier molecular flexibility index (Phi) is 5.03. The molecule has 0 aliphatic carbocycles. The number of halogens is 1. The van der Waals surface area contributed by atoms with Crippen LogP contribution in [0.3, 0.4) is 0 Å². The highest BCUT2D eigenvalue weighted by atomic mass is 32.2. The average Bonchev–Trinajstić information content (AvgIpc) is 2.36.